The van der Waals surface area contributed by atoms with Crippen LogP contribution in [0.4, 0.5) is 0 Å². The summed E-state index contributed by atoms with van der Waals surface area (Å²) in [5.74, 6) is 0. The van der Waals surface area contributed by atoms with Crippen LogP contribution in [0.3, 0.4) is 0 Å². The minimum absolute atomic E-state index is 0.138. The molecule has 0 aliphatic heterocycles. The second-order valence-electron chi connectivity index (χ2n) is 2.43. The van der Waals surface area contributed by atoms with Gasteiger partial charge in [0.1, 0.15) is 3.70 Å². The number of nitrogens with two attached hydrogens (primary N) is 1. The molecule has 1 rings (SSSR count). The van der Waals surface area contributed by atoms with Crippen molar-refractivity contribution in [2.45, 2.75) is 19.4 Å². The molecule has 0 spiro atoms. The van der Waals surface area contributed by atoms with Crippen LogP contribution >= 0.6 is 22.6 Å². The fourth-order valence-corrected chi connectivity index (χ4v) is 1.16. The van der Waals surface area contributed by atoms with Crippen molar-refractivity contribution in [3.8, 4) is 0 Å². The van der Waals surface area contributed by atoms with Gasteiger partial charge in [-0.05, 0) is 40.6 Å². The predicted molar refractivity (Wildman–Crippen MR) is 54.2 cm³/mol. The Morgan fingerprint density at radius 2 is 2.36 bits per heavy atom. The van der Waals surface area contributed by atoms with Crippen molar-refractivity contribution < 1.29 is 0 Å². The predicted octanol–water partition coefficient (Wildman–Crippen LogP) is 2.10. The van der Waals surface area contributed by atoms with E-state index < -0.39 is 0 Å². The Hall–Kier alpha value is -0.160. The van der Waals surface area contributed by atoms with E-state index in [0.29, 0.717) is 0 Å². The molecule has 0 bridgehead atoms. The molecular formula is C8H11IN2. The van der Waals surface area contributed by atoms with Gasteiger partial charge < -0.3 is 5.73 Å². The number of aromatic nitrogens is 1. The third-order valence-electron chi connectivity index (χ3n) is 1.62. The van der Waals surface area contributed by atoms with E-state index >= 15 is 0 Å². The molecule has 0 fully saturated rings. The topological polar surface area (TPSA) is 38.9 Å². The van der Waals surface area contributed by atoms with Gasteiger partial charge in [-0.3, -0.25) is 0 Å². The van der Waals surface area contributed by atoms with E-state index in [1.807, 2.05) is 18.3 Å². The van der Waals surface area contributed by atoms with Crippen LogP contribution in [0.5, 0.6) is 0 Å². The molecule has 3 heteroatoms. The van der Waals surface area contributed by atoms with Gasteiger partial charge in [0.25, 0.3) is 0 Å². The molecule has 0 aliphatic carbocycles. The summed E-state index contributed by atoms with van der Waals surface area (Å²) in [5, 5.41) is 0. The van der Waals surface area contributed by atoms with Gasteiger partial charge in [0.05, 0.1) is 0 Å². The molecule has 11 heavy (non-hydrogen) atoms. The first-order chi connectivity index (χ1) is 5.24. The molecule has 2 N–H and O–H groups in total. The quantitative estimate of drug-likeness (QED) is 0.654. The largest absolute Gasteiger partial charge is 0.324 e. The second kappa shape index (κ2) is 4.01. The van der Waals surface area contributed by atoms with Crippen LogP contribution in [0.2, 0.25) is 0 Å². The van der Waals surface area contributed by atoms with Crippen molar-refractivity contribution in [3.63, 3.8) is 0 Å². The molecular weight excluding hydrogens is 251 g/mol. The fourth-order valence-electron chi connectivity index (χ4n) is 0.842. The fraction of sp³-hybridized carbons (Fsp3) is 0.375. The number of halogens is 1. The number of nitrogens with zero attached hydrogens (tertiary/aromatic N) is 1. The highest BCUT2D eigenvalue weighted by Crippen LogP contribution is 2.12. The molecule has 0 aliphatic rings. The van der Waals surface area contributed by atoms with Crippen LogP contribution < -0.4 is 5.73 Å². The van der Waals surface area contributed by atoms with Crippen LogP contribution in [-0.2, 0) is 0 Å². The highest BCUT2D eigenvalue weighted by Gasteiger charge is 2.01. The van der Waals surface area contributed by atoms with Gasteiger partial charge in [-0.15, -0.1) is 0 Å². The summed E-state index contributed by atoms with van der Waals surface area (Å²) < 4.78 is 1.01. The summed E-state index contributed by atoms with van der Waals surface area (Å²) in [6.45, 7) is 2.07. The minimum atomic E-state index is 0.138. The molecule has 0 amide bonds. The Morgan fingerprint density at radius 1 is 1.64 bits per heavy atom. The van der Waals surface area contributed by atoms with E-state index in [1.54, 1.807) is 0 Å². The molecule has 2 nitrogen and oxygen atoms in total. The molecule has 1 atom stereocenters. The molecule has 0 saturated carbocycles. The summed E-state index contributed by atoms with van der Waals surface area (Å²) in [6, 6.07) is 4.15. The first-order valence-electron chi connectivity index (χ1n) is 3.61. The van der Waals surface area contributed by atoms with E-state index in [-0.39, 0.29) is 6.04 Å². The maximum atomic E-state index is 5.80. The van der Waals surface area contributed by atoms with Gasteiger partial charge >= 0.3 is 0 Å². The van der Waals surface area contributed by atoms with Gasteiger partial charge in [0, 0.05) is 12.2 Å². The Bertz CT molecular complexity index is 220. The van der Waals surface area contributed by atoms with Crippen LogP contribution in [0.15, 0.2) is 18.3 Å². The molecule has 0 aromatic carbocycles. The van der Waals surface area contributed by atoms with Gasteiger partial charge in [-0.25, -0.2) is 4.98 Å². The van der Waals surface area contributed by atoms with Gasteiger partial charge in [-0.1, -0.05) is 13.0 Å². The van der Waals surface area contributed by atoms with Crippen molar-refractivity contribution in [1.82, 2.24) is 4.98 Å². The van der Waals surface area contributed by atoms with Crippen LogP contribution in [0, 0.1) is 3.70 Å². The lowest BCUT2D eigenvalue weighted by Crippen LogP contribution is -2.08. The van der Waals surface area contributed by atoms with Crippen molar-refractivity contribution in [3.05, 3.63) is 27.6 Å². The van der Waals surface area contributed by atoms with E-state index in [9.17, 15) is 0 Å². The van der Waals surface area contributed by atoms with E-state index in [4.69, 9.17) is 5.73 Å². The number of hydrogen-bond acceptors (Lipinski definition) is 2. The van der Waals surface area contributed by atoms with Gasteiger partial charge in [0.15, 0.2) is 0 Å². The molecule has 1 heterocycles. The monoisotopic (exact) mass is 262 g/mol. The molecule has 0 saturated heterocycles. The SMILES string of the molecule is CCC(N)c1ccc(I)nc1. The summed E-state index contributed by atoms with van der Waals surface area (Å²) in [5.41, 5.74) is 6.92. The first-order valence-corrected chi connectivity index (χ1v) is 4.69. The van der Waals surface area contributed by atoms with Crippen LogP contribution in [-0.4, -0.2) is 4.98 Å². The Kier molecular flexibility index (Phi) is 3.26. The lowest BCUT2D eigenvalue weighted by Gasteiger charge is -2.07. The summed E-state index contributed by atoms with van der Waals surface area (Å²) in [4.78, 5) is 4.15. The standard InChI is InChI=1S/C8H11IN2/c1-2-7(10)6-3-4-8(9)11-5-6/h3-5,7H,2,10H2,1H3. The molecule has 0 radical (unpaired) electrons. The zero-order valence-electron chi connectivity index (χ0n) is 6.42. The lowest BCUT2D eigenvalue weighted by atomic mass is 10.1. The Labute approximate surface area is 80.3 Å². The Morgan fingerprint density at radius 3 is 2.82 bits per heavy atom. The van der Waals surface area contributed by atoms with Crippen molar-refractivity contribution in [2.24, 2.45) is 5.73 Å². The third kappa shape index (κ3) is 2.41. The summed E-state index contributed by atoms with van der Waals surface area (Å²) >= 11 is 2.18. The van der Waals surface area contributed by atoms with E-state index in [1.165, 1.54) is 0 Å². The molecule has 1 unspecified atom stereocenters. The number of hydrogen-bond donors (Lipinski definition) is 1. The molecule has 60 valence electrons. The molecule has 1 aromatic heterocycles. The maximum absolute atomic E-state index is 5.80. The lowest BCUT2D eigenvalue weighted by molar-refractivity contribution is 0.695. The van der Waals surface area contributed by atoms with Crippen molar-refractivity contribution >= 4 is 22.6 Å². The first kappa shape index (κ1) is 8.93. The third-order valence-corrected chi connectivity index (χ3v) is 2.26. The van der Waals surface area contributed by atoms with Crippen LogP contribution in [0.1, 0.15) is 24.9 Å². The zero-order chi connectivity index (χ0) is 8.27. The second-order valence-corrected chi connectivity index (χ2v) is 3.53. The van der Waals surface area contributed by atoms with Gasteiger partial charge in [-0.2, -0.15) is 0 Å². The van der Waals surface area contributed by atoms with Crippen molar-refractivity contribution in [2.75, 3.05) is 0 Å². The van der Waals surface area contributed by atoms with E-state index in [2.05, 4.69) is 34.5 Å². The van der Waals surface area contributed by atoms with Crippen molar-refractivity contribution in [1.29, 1.82) is 0 Å². The Balaban J connectivity index is 2.81. The number of rotatable bonds is 2. The summed E-state index contributed by atoms with van der Waals surface area (Å²) in [6.07, 6.45) is 2.80. The smallest absolute Gasteiger partial charge is 0.101 e. The average Bonchev–Trinajstić information content (AvgIpc) is 2.05. The zero-order valence-corrected chi connectivity index (χ0v) is 8.58. The highest BCUT2D eigenvalue weighted by molar-refractivity contribution is 14.1. The molecule has 1 aromatic rings. The normalized spacial score (nSPS) is 13.0. The van der Waals surface area contributed by atoms with Crippen LogP contribution in [0.25, 0.3) is 0 Å². The number of pyridine rings is 1. The minimum Gasteiger partial charge on any atom is -0.324 e. The van der Waals surface area contributed by atoms with E-state index in [0.717, 1.165) is 15.7 Å². The highest BCUT2D eigenvalue weighted by atomic mass is 127. The summed E-state index contributed by atoms with van der Waals surface area (Å²) in [7, 11) is 0. The van der Waals surface area contributed by atoms with Gasteiger partial charge in [0.2, 0.25) is 0 Å². The maximum Gasteiger partial charge on any atom is 0.101 e. The average molecular weight is 262 g/mol.